The number of amidine groups is 1. The predicted octanol–water partition coefficient (Wildman–Crippen LogP) is 0.454. The maximum absolute atomic E-state index is 11.4. The van der Waals surface area contributed by atoms with E-state index in [4.69, 9.17) is 15.4 Å². The number of rotatable bonds is 4. The van der Waals surface area contributed by atoms with Crippen molar-refractivity contribution in [2.45, 2.75) is 13.3 Å². The molecule has 0 saturated heterocycles. The lowest BCUT2D eigenvalue weighted by atomic mass is 10.2. The van der Waals surface area contributed by atoms with Crippen LogP contribution in [-0.4, -0.2) is 23.5 Å². The summed E-state index contributed by atoms with van der Waals surface area (Å²) in [5.41, 5.74) is 6.01. The van der Waals surface area contributed by atoms with Gasteiger partial charge >= 0.3 is 0 Å². The fourth-order valence-corrected chi connectivity index (χ4v) is 1.04. The first-order chi connectivity index (χ1) is 7.15. The third-order valence-corrected chi connectivity index (χ3v) is 1.86. The molecule has 6 heteroatoms. The number of carbonyl (C=O) groups is 1. The molecule has 82 valence electrons. The first-order valence-corrected chi connectivity index (χ1v) is 4.44. The Kier molecular flexibility index (Phi) is 3.73. The monoisotopic (exact) mass is 211 g/mol. The zero-order chi connectivity index (χ0) is 11.3. The van der Waals surface area contributed by atoms with E-state index in [2.05, 4.69) is 10.5 Å². The SMILES string of the molecule is Cc1ccoc1C(=O)NCCC(N)=NO. The molecule has 4 N–H and O–H groups in total. The Labute approximate surface area is 86.7 Å². The van der Waals surface area contributed by atoms with Gasteiger partial charge in [0.1, 0.15) is 5.84 Å². The maximum atomic E-state index is 11.4. The predicted molar refractivity (Wildman–Crippen MR) is 53.8 cm³/mol. The van der Waals surface area contributed by atoms with Crippen molar-refractivity contribution in [3.05, 3.63) is 23.7 Å². The third kappa shape index (κ3) is 3.01. The summed E-state index contributed by atoms with van der Waals surface area (Å²) in [5, 5.41) is 13.6. The van der Waals surface area contributed by atoms with Gasteiger partial charge in [-0.05, 0) is 13.0 Å². The van der Waals surface area contributed by atoms with Gasteiger partial charge in [-0.25, -0.2) is 0 Å². The second-order valence-electron chi connectivity index (χ2n) is 3.03. The minimum absolute atomic E-state index is 0.0754. The number of hydrogen-bond acceptors (Lipinski definition) is 4. The van der Waals surface area contributed by atoms with Crippen LogP contribution in [0.25, 0.3) is 0 Å². The molecule has 0 radical (unpaired) electrons. The molecule has 0 bridgehead atoms. The van der Waals surface area contributed by atoms with Crippen LogP contribution in [0.1, 0.15) is 22.5 Å². The highest BCUT2D eigenvalue weighted by molar-refractivity contribution is 5.93. The molecule has 15 heavy (non-hydrogen) atoms. The number of nitrogens with two attached hydrogens (primary N) is 1. The largest absolute Gasteiger partial charge is 0.459 e. The minimum atomic E-state index is -0.303. The van der Waals surface area contributed by atoms with Crippen LogP contribution in [0.5, 0.6) is 0 Å². The molecule has 0 unspecified atom stereocenters. The van der Waals surface area contributed by atoms with Crippen LogP contribution < -0.4 is 11.1 Å². The van der Waals surface area contributed by atoms with Gasteiger partial charge in [0.15, 0.2) is 5.76 Å². The van der Waals surface area contributed by atoms with Gasteiger partial charge in [0.25, 0.3) is 5.91 Å². The van der Waals surface area contributed by atoms with Gasteiger partial charge in [0.2, 0.25) is 0 Å². The highest BCUT2D eigenvalue weighted by Crippen LogP contribution is 2.07. The van der Waals surface area contributed by atoms with Gasteiger partial charge in [-0.15, -0.1) is 0 Å². The molecule has 0 aliphatic carbocycles. The summed E-state index contributed by atoms with van der Waals surface area (Å²) in [5.74, 6) is 0.0595. The highest BCUT2D eigenvalue weighted by Gasteiger charge is 2.11. The molecule has 1 aromatic heterocycles. The van der Waals surface area contributed by atoms with E-state index in [1.165, 1.54) is 6.26 Å². The van der Waals surface area contributed by atoms with Crippen molar-refractivity contribution in [2.24, 2.45) is 10.9 Å². The van der Waals surface area contributed by atoms with E-state index in [-0.39, 0.29) is 17.5 Å². The molecule has 0 aromatic carbocycles. The normalized spacial score (nSPS) is 11.4. The first-order valence-electron chi connectivity index (χ1n) is 4.44. The Balaban J connectivity index is 2.41. The smallest absolute Gasteiger partial charge is 0.287 e. The van der Waals surface area contributed by atoms with E-state index in [9.17, 15) is 4.79 Å². The van der Waals surface area contributed by atoms with Gasteiger partial charge in [-0.3, -0.25) is 4.79 Å². The molecule has 0 aliphatic heterocycles. The van der Waals surface area contributed by atoms with E-state index in [0.717, 1.165) is 5.56 Å². The quantitative estimate of drug-likeness (QED) is 0.291. The summed E-state index contributed by atoms with van der Waals surface area (Å²) in [6, 6.07) is 1.71. The molecule has 1 aromatic rings. The lowest BCUT2D eigenvalue weighted by Crippen LogP contribution is -2.28. The van der Waals surface area contributed by atoms with Gasteiger partial charge in [0.05, 0.1) is 6.26 Å². The number of furan rings is 1. The van der Waals surface area contributed by atoms with Gasteiger partial charge < -0.3 is 20.7 Å². The van der Waals surface area contributed by atoms with Crippen molar-refractivity contribution >= 4 is 11.7 Å². The number of nitrogens with one attached hydrogen (secondary N) is 1. The van der Waals surface area contributed by atoms with Crippen LogP contribution in [0.15, 0.2) is 21.9 Å². The van der Waals surface area contributed by atoms with Crippen molar-refractivity contribution < 1.29 is 14.4 Å². The number of hydrogen-bond donors (Lipinski definition) is 3. The molecule has 0 spiro atoms. The Morgan fingerprint density at radius 1 is 1.73 bits per heavy atom. The molecule has 6 nitrogen and oxygen atoms in total. The molecule has 1 rings (SSSR count). The summed E-state index contributed by atoms with van der Waals surface area (Å²) in [6.07, 6.45) is 1.75. The van der Waals surface area contributed by atoms with Crippen molar-refractivity contribution in [3.63, 3.8) is 0 Å². The van der Waals surface area contributed by atoms with Crippen LogP contribution in [0.2, 0.25) is 0 Å². The number of nitrogens with zero attached hydrogens (tertiary/aromatic N) is 1. The molecule has 0 saturated carbocycles. The van der Waals surface area contributed by atoms with E-state index in [1.54, 1.807) is 13.0 Å². The topological polar surface area (TPSA) is 101 Å². The van der Waals surface area contributed by atoms with E-state index in [0.29, 0.717) is 13.0 Å². The molecular weight excluding hydrogens is 198 g/mol. The van der Waals surface area contributed by atoms with Crippen LogP contribution >= 0.6 is 0 Å². The zero-order valence-electron chi connectivity index (χ0n) is 8.36. The first kappa shape index (κ1) is 11.1. The maximum Gasteiger partial charge on any atom is 0.287 e. The van der Waals surface area contributed by atoms with Crippen molar-refractivity contribution in [1.29, 1.82) is 0 Å². The van der Waals surface area contributed by atoms with E-state index < -0.39 is 0 Å². The molecule has 1 amide bonds. The molecule has 0 fully saturated rings. The number of oxime groups is 1. The summed E-state index contributed by atoms with van der Waals surface area (Å²) >= 11 is 0. The fraction of sp³-hybridized carbons (Fsp3) is 0.333. The summed E-state index contributed by atoms with van der Waals surface area (Å²) in [4.78, 5) is 11.4. The Morgan fingerprint density at radius 2 is 2.47 bits per heavy atom. The van der Waals surface area contributed by atoms with Crippen molar-refractivity contribution in [3.8, 4) is 0 Å². The standard InChI is InChI=1S/C9H13N3O3/c1-6-3-5-15-8(6)9(13)11-4-2-7(10)12-14/h3,5,14H,2,4H2,1H3,(H2,10,12)(H,11,13). The molecule has 0 aliphatic rings. The van der Waals surface area contributed by atoms with Gasteiger partial charge in [-0.1, -0.05) is 5.16 Å². The molecular formula is C9H13N3O3. The summed E-state index contributed by atoms with van der Waals surface area (Å²) < 4.78 is 4.99. The molecule has 0 atom stereocenters. The Bertz CT molecular complexity index is 370. The average Bonchev–Trinajstić information content (AvgIpc) is 2.64. The number of carbonyl (C=O) groups excluding carboxylic acids is 1. The number of aryl methyl sites for hydroxylation is 1. The van der Waals surface area contributed by atoms with E-state index in [1.807, 2.05) is 0 Å². The zero-order valence-corrected chi connectivity index (χ0v) is 8.36. The lowest BCUT2D eigenvalue weighted by molar-refractivity contribution is 0.0926. The van der Waals surface area contributed by atoms with Gasteiger partial charge in [-0.2, -0.15) is 0 Å². The second kappa shape index (κ2) is 5.04. The van der Waals surface area contributed by atoms with Crippen LogP contribution in [-0.2, 0) is 0 Å². The summed E-state index contributed by atoms with van der Waals surface area (Å²) in [6.45, 7) is 2.08. The van der Waals surface area contributed by atoms with Crippen LogP contribution in [0.3, 0.4) is 0 Å². The molecule has 1 heterocycles. The Hall–Kier alpha value is -1.98. The van der Waals surface area contributed by atoms with Crippen LogP contribution in [0.4, 0.5) is 0 Å². The number of amides is 1. The highest BCUT2D eigenvalue weighted by atomic mass is 16.4. The van der Waals surface area contributed by atoms with Crippen LogP contribution in [0, 0.1) is 6.92 Å². The average molecular weight is 211 g/mol. The van der Waals surface area contributed by atoms with Crippen molar-refractivity contribution in [2.75, 3.05) is 6.54 Å². The van der Waals surface area contributed by atoms with Crippen molar-refractivity contribution in [1.82, 2.24) is 5.32 Å². The third-order valence-electron chi connectivity index (χ3n) is 1.86. The summed E-state index contributed by atoms with van der Waals surface area (Å²) in [7, 11) is 0. The van der Waals surface area contributed by atoms with E-state index >= 15 is 0 Å². The Morgan fingerprint density at radius 3 is 3.00 bits per heavy atom. The van der Waals surface area contributed by atoms with Gasteiger partial charge in [0, 0.05) is 18.5 Å². The second-order valence-corrected chi connectivity index (χ2v) is 3.03. The lowest BCUT2D eigenvalue weighted by Gasteiger charge is -2.02. The fourth-order valence-electron chi connectivity index (χ4n) is 1.04. The minimum Gasteiger partial charge on any atom is -0.459 e.